The Morgan fingerprint density at radius 3 is 2.45 bits per heavy atom. The number of aromatic amines is 1. The fourth-order valence-corrected chi connectivity index (χ4v) is 2.29. The van der Waals surface area contributed by atoms with Gasteiger partial charge in [0.2, 0.25) is 5.95 Å². The van der Waals surface area contributed by atoms with Gasteiger partial charge in [0.1, 0.15) is 5.69 Å². The zero-order valence-electron chi connectivity index (χ0n) is 11.3. The molecule has 0 aliphatic carbocycles. The molecule has 0 spiro atoms. The second-order valence-corrected chi connectivity index (χ2v) is 4.70. The summed E-state index contributed by atoms with van der Waals surface area (Å²) in [5.74, 6) is 0.702. The molecule has 7 nitrogen and oxygen atoms in total. The lowest BCUT2D eigenvalue weighted by molar-refractivity contribution is 0.0740. The van der Waals surface area contributed by atoms with Crippen molar-refractivity contribution in [2.45, 2.75) is 6.92 Å². The second-order valence-electron chi connectivity index (χ2n) is 4.70. The van der Waals surface area contributed by atoms with Gasteiger partial charge < -0.3 is 14.8 Å². The van der Waals surface area contributed by atoms with Crippen LogP contribution >= 0.6 is 0 Å². The van der Waals surface area contributed by atoms with E-state index in [1.54, 1.807) is 24.8 Å². The Morgan fingerprint density at radius 1 is 1.15 bits per heavy atom. The van der Waals surface area contributed by atoms with Crippen LogP contribution in [0.4, 0.5) is 5.95 Å². The molecule has 0 atom stereocenters. The van der Waals surface area contributed by atoms with Crippen molar-refractivity contribution in [3.8, 4) is 0 Å². The zero-order chi connectivity index (χ0) is 13.9. The van der Waals surface area contributed by atoms with Crippen molar-refractivity contribution in [1.29, 1.82) is 0 Å². The van der Waals surface area contributed by atoms with E-state index in [0.717, 1.165) is 24.7 Å². The molecular weight excluding hydrogens is 256 g/mol. The van der Waals surface area contributed by atoms with Gasteiger partial charge in [-0.1, -0.05) is 0 Å². The number of piperazine rings is 1. The summed E-state index contributed by atoms with van der Waals surface area (Å²) in [4.78, 5) is 31.7. The van der Waals surface area contributed by atoms with Crippen molar-refractivity contribution in [1.82, 2.24) is 24.8 Å². The number of nitrogens with zero attached hydrogens (tertiary/aromatic N) is 5. The van der Waals surface area contributed by atoms with Crippen molar-refractivity contribution in [3.63, 3.8) is 0 Å². The molecule has 2 aromatic heterocycles. The fraction of sp³-hybridized carbons (Fsp3) is 0.385. The molecule has 0 radical (unpaired) electrons. The number of carbonyl (C=O) groups is 1. The molecule has 3 rings (SSSR count). The Labute approximate surface area is 116 Å². The Morgan fingerprint density at radius 2 is 1.85 bits per heavy atom. The van der Waals surface area contributed by atoms with E-state index in [1.807, 2.05) is 11.8 Å². The van der Waals surface area contributed by atoms with Gasteiger partial charge >= 0.3 is 0 Å². The van der Waals surface area contributed by atoms with Crippen LogP contribution in [0.15, 0.2) is 24.8 Å². The number of aryl methyl sites for hydroxylation is 1. The average molecular weight is 272 g/mol. The van der Waals surface area contributed by atoms with Gasteiger partial charge in [0.15, 0.2) is 0 Å². The number of anilines is 1. The molecule has 1 amide bonds. The van der Waals surface area contributed by atoms with Crippen molar-refractivity contribution in [2.75, 3.05) is 31.1 Å². The number of nitrogens with one attached hydrogen (secondary N) is 1. The third kappa shape index (κ3) is 2.34. The molecule has 2 aromatic rings. The van der Waals surface area contributed by atoms with Crippen LogP contribution in [0.1, 0.15) is 16.2 Å². The highest BCUT2D eigenvalue weighted by atomic mass is 16.2. The summed E-state index contributed by atoms with van der Waals surface area (Å²) in [6.45, 7) is 4.64. The Hall–Kier alpha value is -2.44. The van der Waals surface area contributed by atoms with E-state index in [2.05, 4.69) is 24.8 Å². The first-order valence-electron chi connectivity index (χ1n) is 6.57. The first-order valence-corrected chi connectivity index (χ1v) is 6.57. The van der Waals surface area contributed by atoms with E-state index >= 15 is 0 Å². The molecule has 0 bridgehead atoms. The molecule has 1 aliphatic heterocycles. The maximum absolute atomic E-state index is 12.3. The van der Waals surface area contributed by atoms with Gasteiger partial charge in [-0.15, -0.1) is 0 Å². The molecule has 1 aliphatic rings. The predicted octanol–water partition coefficient (Wildman–Crippen LogP) is 0.471. The van der Waals surface area contributed by atoms with E-state index in [9.17, 15) is 4.79 Å². The monoisotopic (exact) mass is 272 g/mol. The smallest absolute Gasteiger partial charge is 0.274 e. The van der Waals surface area contributed by atoms with E-state index in [1.165, 1.54) is 0 Å². The SMILES string of the molecule is Cc1[nH]cnc1C(=O)N1CCN(c2ncccn2)CC1. The lowest BCUT2D eigenvalue weighted by atomic mass is 10.2. The van der Waals surface area contributed by atoms with E-state index in [0.29, 0.717) is 18.8 Å². The Balaban J connectivity index is 1.64. The maximum atomic E-state index is 12.3. The van der Waals surface area contributed by atoms with Gasteiger partial charge in [0.05, 0.1) is 6.33 Å². The van der Waals surface area contributed by atoms with Crippen LogP contribution in [0.3, 0.4) is 0 Å². The molecule has 1 N–H and O–H groups in total. The number of carbonyl (C=O) groups excluding carboxylic acids is 1. The summed E-state index contributed by atoms with van der Waals surface area (Å²) < 4.78 is 0. The average Bonchev–Trinajstić information content (AvgIpc) is 2.94. The van der Waals surface area contributed by atoms with Gasteiger partial charge in [-0.2, -0.15) is 0 Å². The topological polar surface area (TPSA) is 78.0 Å². The number of hydrogen-bond acceptors (Lipinski definition) is 5. The van der Waals surface area contributed by atoms with Crippen LogP contribution in [-0.2, 0) is 0 Å². The minimum Gasteiger partial charge on any atom is -0.348 e. The van der Waals surface area contributed by atoms with Gasteiger partial charge in [-0.25, -0.2) is 15.0 Å². The lowest BCUT2D eigenvalue weighted by Crippen LogP contribution is -2.49. The molecule has 20 heavy (non-hydrogen) atoms. The summed E-state index contributed by atoms with van der Waals surface area (Å²) in [7, 11) is 0. The van der Waals surface area contributed by atoms with Crippen LogP contribution in [0.25, 0.3) is 0 Å². The van der Waals surface area contributed by atoms with Crippen LogP contribution in [-0.4, -0.2) is 56.9 Å². The summed E-state index contributed by atoms with van der Waals surface area (Å²) >= 11 is 0. The highest BCUT2D eigenvalue weighted by Crippen LogP contribution is 2.12. The highest BCUT2D eigenvalue weighted by molar-refractivity contribution is 5.93. The van der Waals surface area contributed by atoms with Gasteiger partial charge in [-0.05, 0) is 13.0 Å². The molecular formula is C13H16N6O. The van der Waals surface area contributed by atoms with Crippen molar-refractivity contribution < 1.29 is 4.79 Å². The minimum absolute atomic E-state index is 0.0163. The fourth-order valence-electron chi connectivity index (χ4n) is 2.29. The third-order valence-corrected chi connectivity index (χ3v) is 3.43. The molecule has 7 heteroatoms. The summed E-state index contributed by atoms with van der Waals surface area (Å²) in [5.41, 5.74) is 1.32. The van der Waals surface area contributed by atoms with Gasteiger partial charge in [-0.3, -0.25) is 4.79 Å². The van der Waals surface area contributed by atoms with E-state index < -0.39 is 0 Å². The second kappa shape index (κ2) is 5.28. The Kier molecular flexibility index (Phi) is 3.32. The van der Waals surface area contributed by atoms with E-state index in [-0.39, 0.29) is 5.91 Å². The molecule has 3 heterocycles. The van der Waals surface area contributed by atoms with Crippen LogP contribution in [0, 0.1) is 6.92 Å². The molecule has 0 unspecified atom stereocenters. The molecule has 0 aromatic carbocycles. The van der Waals surface area contributed by atoms with Crippen molar-refractivity contribution in [2.24, 2.45) is 0 Å². The lowest BCUT2D eigenvalue weighted by Gasteiger charge is -2.34. The van der Waals surface area contributed by atoms with Crippen LogP contribution in [0.5, 0.6) is 0 Å². The first-order chi connectivity index (χ1) is 9.75. The predicted molar refractivity (Wildman–Crippen MR) is 73.5 cm³/mol. The minimum atomic E-state index is -0.0163. The van der Waals surface area contributed by atoms with Gasteiger partial charge in [0.25, 0.3) is 5.91 Å². The summed E-state index contributed by atoms with van der Waals surface area (Å²) in [6.07, 6.45) is 5.01. The zero-order valence-corrected chi connectivity index (χ0v) is 11.3. The van der Waals surface area contributed by atoms with Crippen LogP contribution in [0.2, 0.25) is 0 Å². The number of amides is 1. The summed E-state index contributed by atoms with van der Waals surface area (Å²) in [5, 5.41) is 0. The highest BCUT2D eigenvalue weighted by Gasteiger charge is 2.25. The van der Waals surface area contributed by atoms with E-state index in [4.69, 9.17) is 0 Å². The first kappa shape index (κ1) is 12.6. The van der Waals surface area contributed by atoms with Crippen molar-refractivity contribution >= 4 is 11.9 Å². The maximum Gasteiger partial charge on any atom is 0.274 e. The number of imidazole rings is 1. The standard InChI is InChI=1S/C13H16N6O/c1-10-11(17-9-16-10)12(20)18-5-7-19(8-6-18)13-14-3-2-4-15-13/h2-4,9H,5-8H2,1H3,(H,16,17). The van der Waals surface area contributed by atoms with Crippen molar-refractivity contribution in [3.05, 3.63) is 36.2 Å². The Bertz CT molecular complexity index is 588. The normalized spacial score (nSPS) is 15.4. The molecule has 104 valence electrons. The number of aromatic nitrogens is 4. The quantitative estimate of drug-likeness (QED) is 0.860. The molecule has 1 fully saturated rings. The third-order valence-electron chi connectivity index (χ3n) is 3.43. The molecule has 0 saturated carbocycles. The summed E-state index contributed by atoms with van der Waals surface area (Å²) in [6, 6.07) is 1.80. The largest absolute Gasteiger partial charge is 0.348 e. The number of rotatable bonds is 2. The number of hydrogen-bond donors (Lipinski definition) is 1. The van der Waals surface area contributed by atoms with Gasteiger partial charge in [0, 0.05) is 44.3 Å². The molecule has 1 saturated heterocycles. The number of H-pyrrole nitrogens is 1. The van der Waals surface area contributed by atoms with Crippen LogP contribution < -0.4 is 4.90 Å².